The average molecular weight is 263 g/mol. The Bertz CT molecular complexity index is 420. The van der Waals surface area contributed by atoms with Crippen LogP contribution in [0.1, 0.15) is 18.5 Å². The van der Waals surface area contributed by atoms with Gasteiger partial charge in [-0.2, -0.15) is 0 Å². The first kappa shape index (κ1) is 15.2. The lowest BCUT2D eigenvalue weighted by Gasteiger charge is -2.25. The average Bonchev–Trinajstić information content (AvgIpc) is 2.46. The normalized spacial score (nSPS) is 11.7. The van der Waals surface area contributed by atoms with Gasteiger partial charge in [-0.05, 0) is 12.5 Å². The van der Waals surface area contributed by atoms with Gasteiger partial charge in [0, 0.05) is 14.1 Å². The van der Waals surface area contributed by atoms with E-state index in [1.807, 2.05) is 37.3 Å². The van der Waals surface area contributed by atoms with E-state index in [0.717, 1.165) is 5.56 Å². The number of rotatable bonds is 6. The van der Waals surface area contributed by atoms with Crippen molar-refractivity contribution in [1.82, 2.24) is 15.5 Å². The second-order valence-corrected chi connectivity index (χ2v) is 4.37. The molecule has 1 rings (SSSR count). The Kier molecular flexibility index (Phi) is 6.02. The first-order valence-corrected chi connectivity index (χ1v) is 6.28. The highest BCUT2D eigenvalue weighted by Gasteiger charge is 2.16. The molecule has 0 aliphatic rings. The number of nitrogens with one attached hydrogen (secondary N) is 2. The third-order valence-corrected chi connectivity index (χ3v) is 3.10. The van der Waals surface area contributed by atoms with Crippen molar-refractivity contribution in [2.75, 3.05) is 27.2 Å². The molecule has 19 heavy (non-hydrogen) atoms. The smallest absolute Gasteiger partial charge is 0.236 e. The minimum atomic E-state index is -0.133. The molecule has 0 aromatic heterocycles. The van der Waals surface area contributed by atoms with Crippen molar-refractivity contribution in [1.29, 1.82) is 0 Å². The zero-order valence-electron chi connectivity index (χ0n) is 11.6. The standard InChI is InChI=1S/C14H21N3O2/c1-11(12-7-5-4-6-8-12)17(3)14(19)10-16-9-13(18)15-2/h4-8,11,16H,9-10H2,1-3H3,(H,15,18)/t11-/m0/s1. The first-order chi connectivity index (χ1) is 9.06. The summed E-state index contributed by atoms with van der Waals surface area (Å²) in [5.74, 6) is -0.174. The molecule has 0 heterocycles. The summed E-state index contributed by atoms with van der Waals surface area (Å²) in [4.78, 5) is 24.7. The van der Waals surface area contributed by atoms with Crippen molar-refractivity contribution in [3.8, 4) is 0 Å². The monoisotopic (exact) mass is 263 g/mol. The predicted molar refractivity (Wildman–Crippen MR) is 74.6 cm³/mol. The van der Waals surface area contributed by atoms with Gasteiger partial charge in [-0.25, -0.2) is 0 Å². The summed E-state index contributed by atoms with van der Waals surface area (Å²) >= 11 is 0. The van der Waals surface area contributed by atoms with Gasteiger partial charge in [0.2, 0.25) is 11.8 Å². The van der Waals surface area contributed by atoms with Crippen LogP contribution >= 0.6 is 0 Å². The van der Waals surface area contributed by atoms with Crippen molar-refractivity contribution in [3.63, 3.8) is 0 Å². The summed E-state index contributed by atoms with van der Waals surface area (Å²) in [7, 11) is 3.33. The molecule has 1 aromatic carbocycles. The summed E-state index contributed by atoms with van der Waals surface area (Å²) in [6.45, 7) is 2.28. The highest BCUT2D eigenvalue weighted by atomic mass is 16.2. The van der Waals surface area contributed by atoms with Crippen LogP contribution < -0.4 is 10.6 Å². The van der Waals surface area contributed by atoms with Crippen molar-refractivity contribution in [2.24, 2.45) is 0 Å². The number of hydrogen-bond acceptors (Lipinski definition) is 3. The van der Waals surface area contributed by atoms with Gasteiger partial charge in [0.05, 0.1) is 19.1 Å². The Morgan fingerprint density at radius 3 is 2.42 bits per heavy atom. The van der Waals surface area contributed by atoms with E-state index in [2.05, 4.69) is 10.6 Å². The largest absolute Gasteiger partial charge is 0.358 e. The molecule has 0 aliphatic heterocycles. The van der Waals surface area contributed by atoms with Crippen molar-refractivity contribution in [3.05, 3.63) is 35.9 Å². The lowest BCUT2D eigenvalue weighted by molar-refractivity contribution is -0.130. The quantitative estimate of drug-likeness (QED) is 0.787. The van der Waals surface area contributed by atoms with Gasteiger partial charge in [0.15, 0.2) is 0 Å². The predicted octanol–water partition coefficient (Wildman–Crippen LogP) is 0.542. The minimum absolute atomic E-state index is 0.00972. The lowest BCUT2D eigenvalue weighted by Crippen LogP contribution is -2.40. The summed E-state index contributed by atoms with van der Waals surface area (Å²) in [5, 5.41) is 5.31. The number of nitrogens with zero attached hydrogens (tertiary/aromatic N) is 1. The molecule has 5 nitrogen and oxygen atoms in total. The van der Waals surface area contributed by atoms with E-state index in [1.165, 1.54) is 0 Å². The van der Waals surface area contributed by atoms with E-state index in [4.69, 9.17) is 0 Å². The highest BCUT2D eigenvalue weighted by Crippen LogP contribution is 2.17. The summed E-state index contributed by atoms with van der Waals surface area (Å²) in [6.07, 6.45) is 0. The molecule has 5 heteroatoms. The summed E-state index contributed by atoms with van der Waals surface area (Å²) in [6, 6.07) is 9.85. The third-order valence-electron chi connectivity index (χ3n) is 3.10. The molecule has 0 saturated heterocycles. The van der Waals surface area contributed by atoms with Crippen LogP contribution in [-0.2, 0) is 9.59 Å². The molecule has 0 aliphatic carbocycles. The van der Waals surface area contributed by atoms with Crippen molar-refractivity contribution >= 4 is 11.8 Å². The van der Waals surface area contributed by atoms with Crippen LogP contribution in [0.15, 0.2) is 30.3 Å². The molecular formula is C14H21N3O2. The van der Waals surface area contributed by atoms with Gasteiger partial charge in [-0.1, -0.05) is 30.3 Å². The number of carbonyl (C=O) groups excluding carboxylic acids is 2. The van der Waals surface area contributed by atoms with Crippen LogP contribution in [0.4, 0.5) is 0 Å². The SMILES string of the molecule is CNC(=O)CNCC(=O)N(C)[C@@H](C)c1ccccc1. The zero-order chi connectivity index (χ0) is 14.3. The molecule has 0 saturated carbocycles. The fraction of sp³-hybridized carbons (Fsp3) is 0.429. The lowest BCUT2D eigenvalue weighted by atomic mass is 10.1. The fourth-order valence-electron chi connectivity index (χ4n) is 1.67. The molecule has 2 amide bonds. The van der Waals surface area contributed by atoms with E-state index in [0.29, 0.717) is 0 Å². The zero-order valence-corrected chi connectivity index (χ0v) is 11.6. The van der Waals surface area contributed by atoms with Crippen LogP contribution in [0.25, 0.3) is 0 Å². The molecular weight excluding hydrogens is 242 g/mol. The highest BCUT2D eigenvalue weighted by molar-refractivity contribution is 5.81. The van der Waals surface area contributed by atoms with Crippen LogP contribution in [0, 0.1) is 0 Å². The molecule has 0 bridgehead atoms. The second kappa shape index (κ2) is 7.53. The third kappa shape index (κ3) is 4.71. The second-order valence-electron chi connectivity index (χ2n) is 4.37. The van der Waals surface area contributed by atoms with Crippen LogP contribution in [0.5, 0.6) is 0 Å². The van der Waals surface area contributed by atoms with Gasteiger partial charge >= 0.3 is 0 Å². The van der Waals surface area contributed by atoms with Crippen molar-refractivity contribution < 1.29 is 9.59 Å². The van der Waals surface area contributed by atoms with Gasteiger partial charge in [0.25, 0.3) is 0 Å². The number of carbonyl (C=O) groups is 2. The van der Waals surface area contributed by atoms with Crippen LogP contribution in [-0.4, -0.2) is 43.9 Å². The molecule has 1 atom stereocenters. The molecule has 1 aromatic rings. The Hall–Kier alpha value is -1.88. The van der Waals surface area contributed by atoms with Gasteiger partial charge in [-0.3, -0.25) is 14.9 Å². The van der Waals surface area contributed by atoms with E-state index < -0.39 is 0 Å². The maximum absolute atomic E-state index is 12.0. The van der Waals surface area contributed by atoms with Gasteiger partial charge in [-0.15, -0.1) is 0 Å². The fourth-order valence-corrected chi connectivity index (χ4v) is 1.67. The molecule has 0 fully saturated rings. The maximum Gasteiger partial charge on any atom is 0.236 e. The Morgan fingerprint density at radius 2 is 1.84 bits per heavy atom. The van der Waals surface area contributed by atoms with Crippen molar-refractivity contribution in [2.45, 2.75) is 13.0 Å². The topological polar surface area (TPSA) is 61.4 Å². The minimum Gasteiger partial charge on any atom is -0.358 e. The molecule has 0 unspecified atom stereocenters. The molecule has 2 N–H and O–H groups in total. The number of benzene rings is 1. The van der Waals surface area contributed by atoms with Gasteiger partial charge in [0.1, 0.15) is 0 Å². The Balaban J connectivity index is 2.46. The Labute approximate surface area is 114 Å². The van der Waals surface area contributed by atoms with Crippen LogP contribution in [0.3, 0.4) is 0 Å². The van der Waals surface area contributed by atoms with E-state index in [-0.39, 0.29) is 30.9 Å². The first-order valence-electron chi connectivity index (χ1n) is 6.28. The van der Waals surface area contributed by atoms with E-state index in [9.17, 15) is 9.59 Å². The number of amides is 2. The maximum atomic E-state index is 12.0. The number of likely N-dealkylation sites (N-methyl/N-ethyl adjacent to an activating group) is 2. The summed E-state index contributed by atoms with van der Waals surface area (Å²) < 4.78 is 0. The summed E-state index contributed by atoms with van der Waals surface area (Å²) in [5.41, 5.74) is 1.09. The number of hydrogen-bond donors (Lipinski definition) is 2. The van der Waals surface area contributed by atoms with Crippen LogP contribution in [0.2, 0.25) is 0 Å². The molecule has 0 radical (unpaired) electrons. The Morgan fingerprint density at radius 1 is 1.21 bits per heavy atom. The van der Waals surface area contributed by atoms with E-state index >= 15 is 0 Å². The van der Waals surface area contributed by atoms with E-state index in [1.54, 1.807) is 19.0 Å². The molecule has 0 spiro atoms. The van der Waals surface area contributed by atoms with Gasteiger partial charge < -0.3 is 10.2 Å². The molecule has 104 valence electrons.